The number of carboxylic acid groups (broad SMARTS) is 1. The molecule has 6 heteroatoms. The molecule has 2 aromatic rings. The lowest BCUT2D eigenvalue weighted by molar-refractivity contribution is 0.0696. The van der Waals surface area contributed by atoms with Gasteiger partial charge in [-0.05, 0) is 38.6 Å². The molecule has 0 amide bonds. The molecule has 1 aromatic carbocycles. The van der Waals surface area contributed by atoms with Gasteiger partial charge >= 0.3 is 5.97 Å². The highest BCUT2D eigenvalue weighted by molar-refractivity contribution is 5.87. The van der Waals surface area contributed by atoms with Crippen molar-refractivity contribution in [2.24, 2.45) is 0 Å². The highest BCUT2D eigenvalue weighted by atomic mass is 16.5. The second-order valence-electron chi connectivity index (χ2n) is 4.78. The van der Waals surface area contributed by atoms with E-state index in [-0.39, 0.29) is 11.6 Å². The van der Waals surface area contributed by atoms with Gasteiger partial charge < -0.3 is 9.63 Å². The first kappa shape index (κ1) is 14.2. The second-order valence-corrected chi connectivity index (χ2v) is 4.78. The van der Waals surface area contributed by atoms with Crippen molar-refractivity contribution in [3.63, 3.8) is 0 Å². The first-order chi connectivity index (χ1) is 9.47. The van der Waals surface area contributed by atoms with Crippen LogP contribution in [-0.4, -0.2) is 33.2 Å². The number of carbonyl (C=O) groups is 1. The van der Waals surface area contributed by atoms with E-state index < -0.39 is 5.97 Å². The Bertz CT molecular complexity index is 609. The van der Waals surface area contributed by atoms with Crippen molar-refractivity contribution >= 4 is 5.97 Å². The molecule has 0 fully saturated rings. The van der Waals surface area contributed by atoms with Crippen molar-refractivity contribution in [1.82, 2.24) is 15.0 Å². The summed E-state index contributed by atoms with van der Waals surface area (Å²) in [7, 11) is 1.93. The summed E-state index contributed by atoms with van der Waals surface area (Å²) in [6.07, 6.45) is 0. The van der Waals surface area contributed by atoms with Gasteiger partial charge in [0.2, 0.25) is 5.89 Å². The molecule has 0 aliphatic heterocycles. The maximum atomic E-state index is 11.0. The Morgan fingerprint density at radius 2 is 2.25 bits per heavy atom. The van der Waals surface area contributed by atoms with Crippen LogP contribution in [0.4, 0.5) is 0 Å². The monoisotopic (exact) mass is 275 g/mol. The van der Waals surface area contributed by atoms with Crippen molar-refractivity contribution in [3.8, 4) is 0 Å². The summed E-state index contributed by atoms with van der Waals surface area (Å²) >= 11 is 0. The first-order valence-electron chi connectivity index (χ1n) is 6.30. The van der Waals surface area contributed by atoms with Gasteiger partial charge in [-0.3, -0.25) is 4.90 Å². The van der Waals surface area contributed by atoms with Crippen LogP contribution >= 0.6 is 0 Å². The zero-order chi connectivity index (χ0) is 14.7. The van der Waals surface area contributed by atoms with Gasteiger partial charge in [0.25, 0.3) is 0 Å². The molecular weight excluding hydrogens is 258 g/mol. The molecule has 2 rings (SSSR count). The van der Waals surface area contributed by atoms with Gasteiger partial charge in [0.1, 0.15) is 0 Å². The first-order valence-corrected chi connectivity index (χ1v) is 6.30. The van der Waals surface area contributed by atoms with Crippen LogP contribution in [-0.2, 0) is 6.54 Å². The fourth-order valence-corrected chi connectivity index (χ4v) is 1.90. The average Bonchev–Trinajstić information content (AvgIpc) is 2.84. The highest BCUT2D eigenvalue weighted by Gasteiger charge is 2.18. The van der Waals surface area contributed by atoms with E-state index in [1.165, 1.54) is 0 Å². The van der Waals surface area contributed by atoms with E-state index in [4.69, 9.17) is 9.63 Å². The van der Waals surface area contributed by atoms with Crippen LogP contribution in [0.15, 0.2) is 28.8 Å². The number of hydrogen-bond acceptors (Lipinski definition) is 5. The SMILES string of the molecule is Cc1noc(C(C)N(C)Cc2cccc(C(=O)O)c2)n1. The lowest BCUT2D eigenvalue weighted by Gasteiger charge is -2.21. The van der Waals surface area contributed by atoms with Gasteiger partial charge in [-0.2, -0.15) is 4.98 Å². The quantitative estimate of drug-likeness (QED) is 0.901. The molecule has 0 bridgehead atoms. The molecular formula is C14H17N3O3. The normalized spacial score (nSPS) is 12.6. The smallest absolute Gasteiger partial charge is 0.335 e. The molecule has 1 N–H and O–H groups in total. The summed E-state index contributed by atoms with van der Waals surface area (Å²) in [6, 6.07) is 6.86. The van der Waals surface area contributed by atoms with Crippen LogP contribution in [0.25, 0.3) is 0 Å². The molecule has 1 heterocycles. The number of aromatic nitrogens is 2. The summed E-state index contributed by atoms with van der Waals surface area (Å²) in [4.78, 5) is 17.2. The van der Waals surface area contributed by atoms with Crippen molar-refractivity contribution in [3.05, 3.63) is 47.1 Å². The molecule has 0 saturated heterocycles. The molecule has 20 heavy (non-hydrogen) atoms. The van der Waals surface area contributed by atoms with Gasteiger partial charge in [0.05, 0.1) is 11.6 Å². The van der Waals surface area contributed by atoms with Crippen LogP contribution < -0.4 is 0 Å². The topological polar surface area (TPSA) is 79.5 Å². The van der Waals surface area contributed by atoms with Crippen LogP contribution in [0, 0.1) is 6.92 Å². The summed E-state index contributed by atoms with van der Waals surface area (Å²) in [5.74, 6) is 0.239. The van der Waals surface area contributed by atoms with Crippen LogP contribution in [0.2, 0.25) is 0 Å². The number of carboxylic acids is 1. The number of aryl methyl sites for hydroxylation is 1. The Morgan fingerprint density at radius 3 is 2.85 bits per heavy atom. The van der Waals surface area contributed by atoms with E-state index in [2.05, 4.69) is 10.1 Å². The average molecular weight is 275 g/mol. The van der Waals surface area contributed by atoms with E-state index in [1.54, 1.807) is 25.1 Å². The predicted molar refractivity (Wildman–Crippen MR) is 72.3 cm³/mol. The zero-order valence-electron chi connectivity index (χ0n) is 11.7. The number of aromatic carboxylic acids is 1. The Balaban J connectivity index is 2.09. The van der Waals surface area contributed by atoms with Gasteiger partial charge in [-0.15, -0.1) is 0 Å². The number of hydrogen-bond donors (Lipinski definition) is 1. The summed E-state index contributed by atoms with van der Waals surface area (Å²) in [5, 5.41) is 12.8. The Labute approximate surface area is 117 Å². The summed E-state index contributed by atoms with van der Waals surface area (Å²) in [5.41, 5.74) is 1.22. The molecule has 0 saturated carbocycles. The van der Waals surface area contributed by atoms with Crippen molar-refractivity contribution < 1.29 is 14.4 Å². The number of nitrogens with zero attached hydrogens (tertiary/aromatic N) is 3. The van der Waals surface area contributed by atoms with Crippen LogP contribution in [0.3, 0.4) is 0 Å². The molecule has 0 radical (unpaired) electrons. The van der Waals surface area contributed by atoms with E-state index >= 15 is 0 Å². The van der Waals surface area contributed by atoms with E-state index in [1.807, 2.05) is 24.9 Å². The summed E-state index contributed by atoms with van der Waals surface area (Å²) < 4.78 is 5.15. The largest absolute Gasteiger partial charge is 0.478 e. The molecule has 1 unspecified atom stereocenters. The standard InChI is InChI=1S/C14H17N3O3/c1-9(13-15-10(2)16-20-13)17(3)8-11-5-4-6-12(7-11)14(18)19/h4-7,9H,8H2,1-3H3,(H,18,19). The second kappa shape index (κ2) is 5.83. The van der Waals surface area contributed by atoms with E-state index in [0.717, 1.165) is 5.56 Å². The zero-order valence-corrected chi connectivity index (χ0v) is 11.7. The Kier molecular flexibility index (Phi) is 4.14. The Hall–Kier alpha value is -2.21. The molecule has 1 atom stereocenters. The van der Waals surface area contributed by atoms with Gasteiger partial charge in [-0.1, -0.05) is 17.3 Å². The highest BCUT2D eigenvalue weighted by Crippen LogP contribution is 2.19. The van der Waals surface area contributed by atoms with Crippen molar-refractivity contribution in [2.45, 2.75) is 26.4 Å². The lowest BCUT2D eigenvalue weighted by atomic mass is 10.1. The van der Waals surface area contributed by atoms with Crippen LogP contribution in [0.5, 0.6) is 0 Å². The fraction of sp³-hybridized carbons (Fsp3) is 0.357. The molecule has 0 spiro atoms. The third-order valence-corrected chi connectivity index (χ3v) is 3.17. The molecule has 1 aromatic heterocycles. The predicted octanol–water partition coefficient (Wildman–Crippen LogP) is 2.27. The minimum Gasteiger partial charge on any atom is -0.478 e. The van der Waals surface area contributed by atoms with Gasteiger partial charge in [0.15, 0.2) is 5.82 Å². The van der Waals surface area contributed by atoms with E-state index in [0.29, 0.717) is 18.3 Å². The molecule has 6 nitrogen and oxygen atoms in total. The minimum absolute atomic E-state index is 0.0373. The number of benzene rings is 1. The maximum Gasteiger partial charge on any atom is 0.335 e. The Morgan fingerprint density at radius 1 is 1.50 bits per heavy atom. The third-order valence-electron chi connectivity index (χ3n) is 3.17. The lowest BCUT2D eigenvalue weighted by Crippen LogP contribution is -2.22. The molecule has 0 aliphatic rings. The molecule has 106 valence electrons. The van der Waals surface area contributed by atoms with Crippen molar-refractivity contribution in [1.29, 1.82) is 0 Å². The van der Waals surface area contributed by atoms with Crippen LogP contribution in [0.1, 0.15) is 40.6 Å². The maximum absolute atomic E-state index is 11.0. The van der Waals surface area contributed by atoms with Gasteiger partial charge in [-0.25, -0.2) is 4.79 Å². The molecule has 0 aliphatic carbocycles. The van der Waals surface area contributed by atoms with E-state index in [9.17, 15) is 4.79 Å². The third kappa shape index (κ3) is 3.21. The summed E-state index contributed by atoms with van der Waals surface area (Å²) in [6.45, 7) is 4.34. The van der Waals surface area contributed by atoms with Crippen molar-refractivity contribution in [2.75, 3.05) is 7.05 Å². The fourth-order valence-electron chi connectivity index (χ4n) is 1.90. The minimum atomic E-state index is -0.921. The van der Waals surface area contributed by atoms with Gasteiger partial charge in [0, 0.05) is 6.54 Å². The number of rotatable bonds is 5.